The fraction of sp³-hybridized carbons (Fsp3) is 0.400. The van der Waals surface area contributed by atoms with Crippen LogP contribution in [0.4, 0.5) is 5.13 Å². The van der Waals surface area contributed by atoms with Crippen LogP contribution in [0.2, 0.25) is 5.02 Å². The summed E-state index contributed by atoms with van der Waals surface area (Å²) in [5, 5.41) is 1.50. The first-order valence-electron chi connectivity index (χ1n) is 6.95. The number of nitrogens with zero attached hydrogens (tertiary/aromatic N) is 2. The van der Waals surface area contributed by atoms with Gasteiger partial charge in [0.15, 0.2) is 10.2 Å². The van der Waals surface area contributed by atoms with Crippen molar-refractivity contribution in [2.45, 2.75) is 20.3 Å². The minimum atomic E-state index is 0.0805. The molecule has 0 aliphatic carbocycles. The van der Waals surface area contributed by atoms with E-state index in [1.807, 2.05) is 19.1 Å². The van der Waals surface area contributed by atoms with E-state index in [-0.39, 0.29) is 16.9 Å². The average Bonchev–Trinajstić information content (AvgIpc) is 3.04. The van der Waals surface area contributed by atoms with Gasteiger partial charge in [0, 0.05) is 30.7 Å². The van der Waals surface area contributed by atoms with Crippen LogP contribution in [0.5, 0.6) is 0 Å². The molecule has 1 aromatic heterocycles. The van der Waals surface area contributed by atoms with E-state index in [0.717, 1.165) is 20.9 Å². The molecule has 7 heteroatoms. The van der Waals surface area contributed by atoms with E-state index in [2.05, 4.69) is 4.98 Å². The van der Waals surface area contributed by atoms with Crippen LogP contribution in [0, 0.1) is 12.8 Å². The summed E-state index contributed by atoms with van der Waals surface area (Å²) in [7, 11) is 0. The molecule has 1 aliphatic heterocycles. The Hall–Kier alpha value is -1.11. The number of fused-ring (bicyclic) bond motifs is 1. The Morgan fingerprint density at radius 2 is 2.32 bits per heavy atom. The minimum absolute atomic E-state index is 0.0805. The van der Waals surface area contributed by atoms with E-state index in [9.17, 15) is 9.59 Å². The van der Waals surface area contributed by atoms with Gasteiger partial charge >= 0.3 is 0 Å². The van der Waals surface area contributed by atoms with Gasteiger partial charge in [-0.1, -0.05) is 34.7 Å². The molecule has 1 aliphatic rings. The van der Waals surface area contributed by atoms with Crippen molar-refractivity contribution in [3.05, 3.63) is 22.7 Å². The summed E-state index contributed by atoms with van der Waals surface area (Å²) in [5.74, 6) is 0.975. The molecule has 22 heavy (non-hydrogen) atoms. The van der Waals surface area contributed by atoms with Gasteiger partial charge in [-0.25, -0.2) is 4.98 Å². The van der Waals surface area contributed by atoms with Crippen LogP contribution in [0.15, 0.2) is 12.1 Å². The Kier molecular flexibility index (Phi) is 4.43. The number of carbonyl (C=O) groups excluding carboxylic acids is 2. The zero-order valence-corrected chi connectivity index (χ0v) is 14.6. The van der Waals surface area contributed by atoms with Gasteiger partial charge in [-0.3, -0.25) is 14.5 Å². The fourth-order valence-electron chi connectivity index (χ4n) is 2.52. The van der Waals surface area contributed by atoms with Crippen LogP contribution >= 0.6 is 34.7 Å². The lowest BCUT2D eigenvalue weighted by molar-refractivity contribution is -0.117. The highest BCUT2D eigenvalue weighted by Gasteiger charge is 2.32. The van der Waals surface area contributed by atoms with Gasteiger partial charge < -0.3 is 0 Å². The Morgan fingerprint density at radius 3 is 3.05 bits per heavy atom. The fourth-order valence-corrected chi connectivity index (χ4v) is 4.42. The molecule has 4 nitrogen and oxygen atoms in total. The molecule has 1 atom stereocenters. The van der Waals surface area contributed by atoms with Crippen LogP contribution in [-0.2, 0) is 9.59 Å². The smallest absolute Gasteiger partial charge is 0.229 e. The maximum atomic E-state index is 12.2. The number of amides is 1. The number of thiazole rings is 1. The third-order valence-corrected chi connectivity index (χ3v) is 6.19. The summed E-state index contributed by atoms with van der Waals surface area (Å²) in [4.78, 5) is 29.6. The first kappa shape index (κ1) is 15.8. The molecule has 1 amide bonds. The van der Waals surface area contributed by atoms with Gasteiger partial charge in [0.1, 0.15) is 0 Å². The predicted octanol–water partition coefficient (Wildman–Crippen LogP) is 3.89. The highest BCUT2D eigenvalue weighted by Crippen LogP contribution is 2.36. The summed E-state index contributed by atoms with van der Waals surface area (Å²) in [6.45, 7) is 4.12. The molecular formula is C15H15ClN2O2S2. The van der Waals surface area contributed by atoms with Gasteiger partial charge in [0.25, 0.3) is 0 Å². The molecule has 0 spiro atoms. The van der Waals surface area contributed by atoms with Crippen molar-refractivity contribution < 1.29 is 9.59 Å². The van der Waals surface area contributed by atoms with Crippen molar-refractivity contribution in [2.24, 2.45) is 5.92 Å². The molecule has 2 aromatic rings. The van der Waals surface area contributed by atoms with Gasteiger partial charge in [-0.2, -0.15) is 0 Å². The number of aromatic nitrogens is 1. The SMILES string of the molecule is CC(=O)SCC1CC(=O)N(c2nc3c(C)c(Cl)ccc3s2)C1. The topological polar surface area (TPSA) is 50.3 Å². The highest BCUT2D eigenvalue weighted by molar-refractivity contribution is 8.13. The quantitative estimate of drug-likeness (QED) is 0.839. The first-order valence-corrected chi connectivity index (χ1v) is 9.13. The molecule has 116 valence electrons. The lowest BCUT2D eigenvalue weighted by atomic mass is 10.1. The second-order valence-corrected chi connectivity index (χ2v) is 8.01. The van der Waals surface area contributed by atoms with Crippen molar-refractivity contribution in [1.82, 2.24) is 4.98 Å². The average molecular weight is 355 g/mol. The standard InChI is InChI=1S/C15H15ClN2O2S2/c1-8-11(16)3-4-12-14(8)17-15(22-12)18-6-10(5-13(18)20)7-21-9(2)19/h3-4,10H,5-7H2,1-2H3. The molecule has 3 rings (SSSR count). The van der Waals surface area contributed by atoms with Crippen LogP contribution in [0.1, 0.15) is 18.9 Å². The van der Waals surface area contributed by atoms with E-state index in [4.69, 9.17) is 11.6 Å². The van der Waals surface area contributed by atoms with Crippen molar-refractivity contribution in [3.8, 4) is 0 Å². The molecule has 1 fully saturated rings. The van der Waals surface area contributed by atoms with Crippen molar-refractivity contribution in [2.75, 3.05) is 17.2 Å². The Bertz CT molecular complexity index is 759. The molecular weight excluding hydrogens is 340 g/mol. The Morgan fingerprint density at radius 1 is 1.55 bits per heavy atom. The highest BCUT2D eigenvalue weighted by atomic mass is 35.5. The number of hydrogen-bond donors (Lipinski definition) is 0. The van der Waals surface area contributed by atoms with Crippen molar-refractivity contribution in [1.29, 1.82) is 0 Å². The maximum Gasteiger partial charge on any atom is 0.229 e. The summed E-state index contributed by atoms with van der Waals surface area (Å²) < 4.78 is 1.03. The van der Waals surface area contributed by atoms with E-state index in [0.29, 0.717) is 23.7 Å². The third kappa shape index (κ3) is 3.00. The lowest BCUT2D eigenvalue weighted by Crippen LogP contribution is -2.24. The number of aryl methyl sites for hydroxylation is 1. The molecule has 1 unspecified atom stereocenters. The van der Waals surface area contributed by atoms with Crippen molar-refractivity contribution in [3.63, 3.8) is 0 Å². The number of benzene rings is 1. The monoisotopic (exact) mass is 354 g/mol. The minimum Gasteiger partial charge on any atom is -0.288 e. The Balaban J connectivity index is 1.83. The van der Waals surface area contributed by atoms with E-state index in [1.165, 1.54) is 23.1 Å². The molecule has 2 heterocycles. The zero-order valence-electron chi connectivity index (χ0n) is 12.3. The van der Waals surface area contributed by atoms with Crippen LogP contribution < -0.4 is 4.90 Å². The third-order valence-electron chi connectivity index (χ3n) is 3.69. The van der Waals surface area contributed by atoms with E-state index in [1.54, 1.807) is 11.8 Å². The van der Waals surface area contributed by atoms with Crippen LogP contribution in [0.3, 0.4) is 0 Å². The molecule has 0 bridgehead atoms. The summed E-state index contributed by atoms with van der Waals surface area (Å²) >= 11 is 8.92. The molecule has 0 saturated carbocycles. The Labute approximate surface area is 141 Å². The van der Waals surface area contributed by atoms with Gasteiger partial charge in [-0.15, -0.1) is 0 Å². The summed E-state index contributed by atoms with van der Waals surface area (Å²) in [6.07, 6.45) is 0.482. The second kappa shape index (κ2) is 6.18. The van der Waals surface area contributed by atoms with Gasteiger partial charge in [0.2, 0.25) is 5.91 Å². The van der Waals surface area contributed by atoms with E-state index < -0.39 is 0 Å². The predicted molar refractivity (Wildman–Crippen MR) is 93.0 cm³/mol. The van der Waals surface area contributed by atoms with Gasteiger partial charge in [-0.05, 0) is 30.5 Å². The molecule has 0 radical (unpaired) electrons. The number of thioether (sulfide) groups is 1. The van der Waals surface area contributed by atoms with Crippen molar-refractivity contribution >= 4 is 61.1 Å². The normalized spacial score (nSPS) is 18.4. The number of halogens is 1. The van der Waals surface area contributed by atoms with Gasteiger partial charge in [0.05, 0.1) is 10.2 Å². The molecule has 1 saturated heterocycles. The van der Waals surface area contributed by atoms with Crippen LogP contribution in [0.25, 0.3) is 10.2 Å². The molecule has 0 N–H and O–H groups in total. The molecule has 1 aromatic carbocycles. The van der Waals surface area contributed by atoms with Crippen LogP contribution in [-0.4, -0.2) is 28.3 Å². The number of rotatable bonds is 3. The number of carbonyl (C=O) groups is 2. The number of hydrogen-bond acceptors (Lipinski definition) is 5. The number of anilines is 1. The summed E-state index contributed by atoms with van der Waals surface area (Å²) in [5.41, 5.74) is 1.80. The maximum absolute atomic E-state index is 12.2. The van der Waals surface area contributed by atoms with E-state index >= 15 is 0 Å². The largest absolute Gasteiger partial charge is 0.288 e. The summed E-state index contributed by atoms with van der Waals surface area (Å²) in [6, 6.07) is 3.80. The lowest BCUT2D eigenvalue weighted by Gasteiger charge is -2.12. The zero-order chi connectivity index (χ0) is 15.9. The first-order chi connectivity index (χ1) is 10.5. The second-order valence-electron chi connectivity index (χ2n) is 5.39.